The van der Waals surface area contributed by atoms with Crippen LogP contribution in [0.1, 0.15) is 11.1 Å². The molecule has 0 aliphatic heterocycles. The standard InChI is InChI=1S/C16H17FN2O2/c1-11-5-3-8-15(12(11)2)21-10-18-16(20)19-14-7-4-6-13(17)9-14/h3-9H,10H2,1-2H3,(H2,18,19,20). The zero-order valence-electron chi connectivity index (χ0n) is 11.9. The van der Waals surface area contributed by atoms with E-state index in [2.05, 4.69) is 10.6 Å². The fourth-order valence-corrected chi connectivity index (χ4v) is 1.80. The Morgan fingerprint density at radius 2 is 1.95 bits per heavy atom. The van der Waals surface area contributed by atoms with E-state index in [1.54, 1.807) is 6.07 Å². The molecule has 0 fully saturated rings. The molecule has 5 heteroatoms. The number of ether oxygens (including phenoxy) is 1. The lowest BCUT2D eigenvalue weighted by molar-refractivity contribution is 0.234. The minimum absolute atomic E-state index is 0.0332. The van der Waals surface area contributed by atoms with Crippen molar-refractivity contribution >= 4 is 11.7 Å². The molecule has 2 rings (SSSR count). The lowest BCUT2D eigenvalue weighted by Crippen LogP contribution is -2.32. The number of anilines is 1. The van der Waals surface area contributed by atoms with E-state index in [0.717, 1.165) is 16.9 Å². The van der Waals surface area contributed by atoms with Crippen LogP contribution in [0.3, 0.4) is 0 Å². The largest absolute Gasteiger partial charge is 0.473 e. The van der Waals surface area contributed by atoms with E-state index >= 15 is 0 Å². The number of aryl methyl sites for hydroxylation is 1. The summed E-state index contributed by atoms with van der Waals surface area (Å²) in [4.78, 5) is 11.6. The van der Waals surface area contributed by atoms with Gasteiger partial charge in [0.15, 0.2) is 6.73 Å². The van der Waals surface area contributed by atoms with Gasteiger partial charge in [-0.2, -0.15) is 0 Å². The van der Waals surface area contributed by atoms with Crippen LogP contribution in [0.4, 0.5) is 14.9 Å². The molecule has 0 heterocycles. The number of nitrogens with one attached hydrogen (secondary N) is 2. The molecule has 0 unspecified atom stereocenters. The van der Waals surface area contributed by atoms with Gasteiger partial charge in [-0.25, -0.2) is 9.18 Å². The number of hydrogen-bond donors (Lipinski definition) is 2. The zero-order valence-corrected chi connectivity index (χ0v) is 11.9. The van der Waals surface area contributed by atoms with Crippen molar-refractivity contribution in [3.63, 3.8) is 0 Å². The maximum Gasteiger partial charge on any atom is 0.321 e. The highest BCUT2D eigenvalue weighted by Crippen LogP contribution is 2.20. The highest BCUT2D eigenvalue weighted by Gasteiger charge is 2.04. The Morgan fingerprint density at radius 3 is 2.71 bits per heavy atom. The second kappa shape index (κ2) is 6.74. The zero-order chi connectivity index (χ0) is 15.2. The minimum atomic E-state index is -0.453. The van der Waals surface area contributed by atoms with E-state index in [-0.39, 0.29) is 6.73 Å². The fraction of sp³-hybridized carbons (Fsp3) is 0.188. The molecular weight excluding hydrogens is 271 g/mol. The number of benzene rings is 2. The Hall–Kier alpha value is -2.56. The van der Waals surface area contributed by atoms with Gasteiger partial charge in [0.1, 0.15) is 11.6 Å². The number of halogens is 1. The highest BCUT2D eigenvalue weighted by atomic mass is 19.1. The van der Waals surface area contributed by atoms with Gasteiger partial charge in [-0.05, 0) is 49.2 Å². The molecule has 4 nitrogen and oxygen atoms in total. The van der Waals surface area contributed by atoms with Crippen LogP contribution in [0.2, 0.25) is 0 Å². The van der Waals surface area contributed by atoms with Crippen molar-refractivity contribution in [3.8, 4) is 5.75 Å². The number of hydrogen-bond acceptors (Lipinski definition) is 2. The maximum atomic E-state index is 13.0. The van der Waals surface area contributed by atoms with E-state index < -0.39 is 11.8 Å². The molecule has 0 saturated heterocycles. The first-order valence-electron chi connectivity index (χ1n) is 6.55. The summed E-state index contributed by atoms with van der Waals surface area (Å²) in [5.41, 5.74) is 2.54. The summed E-state index contributed by atoms with van der Waals surface area (Å²) in [6.45, 7) is 3.98. The van der Waals surface area contributed by atoms with Crippen molar-refractivity contribution < 1.29 is 13.9 Å². The predicted molar refractivity (Wildman–Crippen MR) is 80.0 cm³/mol. The van der Waals surface area contributed by atoms with E-state index in [4.69, 9.17) is 4.74 Å². The third-order valence-corrected chi connectivity index (χ3v) is 3.10. The van der Waals surface area contributed by atoms with Gasteiger partial charge in [-0.1, -0.05) is 18.2 Å². The molecule has 2 aromatic rings. The Balaban J connectivity index is 1.83. The average molecular weight is 288 g/mol. The number of carbonyl (C=O) groups is 1. The highest BCUT2D eigenvalue weighted by molar-refractivity contribution is 5.89. The molecule has 0 atom stereocenters. The summed E-state index contributed by atoms with van der Waals surface area (Å²) in [6, 6.07) is 11.0. The monoisotopic (exact) mass is 288 g/mol. The van der Waals surface area contributed by atoms with Crippen LogP contribution in [0.25, 0.3) is 0 Å². The predicted octanol–water partition coefficient (Wildman–Crippen LogP) is 3.60. The Bertz CT molecular complexity index is 644. The summed E-state index contributed by atoms with van der Waals surface area (Å²) in [5.74, 6) is 0.320. The van der Waals surface area contributed by atoms with Crippen molar-refractivity contribution in [2.45, 2.75) is 13.8 Å². The van der Waals surface area contributed by atoms with Gasteiger partial charge in [0.2, 0.25) is 0 Å². The Morgan fingerprint density at radius 1 is 1.19 bits per heavy atom. The topological polar surface area (TPSA) is 50.4 Å². The SMILES string of the molecule is Cc1cccc(OCNC(=O)Nc2cccc(F)c2)c1C. The smallest absolute Gasteiger partial charge is 0.321 e. The van der Waals surface area contributed by atoms with Crippen molar-refractivity contribution in [2.75, 3.05) is 12.0 Å². The van der Waals surface area contributed by atoms with Crippen LogP contribution in [0.5, 0.6) is 5.75 Å². The summed E-state index contributed by atoms with van der Waals surface area (Å²) in [6.07, 6.45) is 0. The van der Waals surface area contributed by atoms with Crippen molar-refractivity contribution in [1.29, 1.82) is 0 Å². The molecule has 0 aliphatic rings. The second-order valence-corrected chi connectivity index (χ2v) is 4.63. The summed E-state index contributed by atoms with van der Waals surface area (Å²) < 4.78 is 18.5. The van der Waals surface area contributed by atoms with Crippen LogP contribution in [0, 0.1) is 19.7 Å². The molecule has 0 radical (unpaired) electrons. The number of urea groups is 1. The van der Waals surface area contributed by atoms with E-state index in [0.29, 0.717) is 5.69 Å². The molecule has 21 heavy (non-hydrogen) atoms. The number of rotatable bonds is 4. The van der Waals surface area contributed by atoms with Crippen molar-refractivity contribution in [1.82, 2.24) is 5.32 Å². The first-order chi connectivity index (χ1) is 10.1. The van der Waals surface area contributed by atoms with Gasteiger partial charge >= 0.3 is 6.03 Å². The van der Waals surface area contributed by atoms with Crippen LogP contribution >= 0.6 is 0 Å². The van der Waals surface area contributed by atoms with Gasteiger partial charge in [-0.15, -0.1) is 0 Å². The maximum absolute atomic E-state index is 13.0. The molecule has 0 aromatic heterocycles. The molecule has 0 saturated carbocycles. The van der Waals surface area contributed by atoms with Gasteiger partial charge in [0.05, 0.1) is 0 Å². The third-order valence-electron chi connectivity index (χ3n) is 3.10. The molecule has 2 amide bonds. The molecular formula is C16H17FN2O2. The quantitative estimate of drug-likeness (QED) is 0.845. The lowest BCUT2D eigenvalue weighted by atomic mass is 10.1. The van der Waals surface area contributed by atoms with Crippen LogP contribution < -0.4 is 15.4 Å². The number of carbonyl (C=O) groups excluding carboxylic acids is 1. The third kappa shape index (κ3) is 4.21. The van der Waals surface area contributed by atoms with Crippen molar-refractivity contribution in [3.05, 3.63) is 59.4 Å². The minimum Gasteiger partial charge on any atom is -0.473 e. The van der Waals surface area contributed by atoms with Gasteiger partial charge in [0, 0.05) is 5.69 Å². The van der Waals surface area contributed by atoms with Gasteiger partial charge < -0.3 is 15.4 Å². The normalized spacial score (nSPS) is 10.0. The molecule has 110 valence electrons. The molecule has 0 bridgehead atoms. The van der Waals surface area contributed by atoms with Crippen molar-refractivity contribution in [2.24, 2.45) is 0 Å². The second-order valence-electron chi connectivity index (χ2n) is 4.63. The molecule has 2 N–H and O–H groups in total. The number of amides is 2. The van der Waals surface area contributed by atoms with Gasteiger partial charge in [0.25, 0.3) is 0 Å². The molecule has 0 spiro atoms. The van der Waals surface area contributed by atoms with E-state index in [1.807, 2.05) is 32.0 Å². The first-order valence-corrected chi connectivity index (χ1v) is 6.55. The fourth-order valence-electron chi connectivity index (χ4n) is 1.80. The summed E-state index contributed by atoms with van der Waals surface area (Å²) >= 11 is 0. The first kappa shape index (κ1) is 14.8. The van der Waals surface area contributed by atoms with E-state index in [9.17, 15) is 9.18 Å². The Labute approximate surface area is 122 Å². The average Bonchev–Trinajstić information content (AvgIpc) is 2.43. The Kier molecular flexibility index (Phi) is 4.77. The summed E-state index contributed by atoms with van der Waals surface area (Å²) in [5, 5.41) is 5.08. The van der Waals surface area contributed by atoms with Gasteiger partial charge in [-0.3, -0.25) is 0 Å². The van der Waals surface area contributed by atoms with E-state index in [1.165, 1.54) is 18.2 Å². The lowest BCUT2D eigenvalue weighted by Gasteiger charge is -2.12. The van der Waals surface area contributed by atoms with Crippen LogP contribution in [-0.2, 0) is 0 Å². The molecule has 0 aliphatic carbocycles. The van der Waals surface area contributed by atoms with Crippen LogP contribution in [0.15, 0.2) is 42.5 Å². The van der Waals surface area contributed by atoms with Crippen LogP contribution in [-0.4, -0.2) is 12.8 Å². The summed E-state index contributed by atoms with van der Waals surface area (Å²) in [7, 11) is 0. The molecule has 2 aromatic carbocycles.